The van der Waals surface area contributed by atoms with Gasteiger partial charge < -0.3 is 5.11 Å². The number of hydrogen-bond donors (Lipinski definition) is 1. The van der Waals surface area contributed by atoms with E-state index in [9.17, 15) is 5.11 Å². The fraction of sp³-hybridized carbons (Fsp3) is 0.167. The van der Waals surface area contributed by atoms with Crippen LogP contribution >= 0.6 is 0 Å². The van der Waals surface area contributed by atoms with Gasteiger partial charge in [-0.15, -0.1) is 0 Å². The molecule has 262 valence electrons. The summed E-state index contributed by atoms with van der Waals surface area (Å²) < 4.78 is 2.24. The van der Waals surface area contributed by atoms with Crippen LogP contribution < -0.4 is 4.90 Å². The van der Waals surface area contributed by atoms with E-state index in [4.69, 9.17) is 9.97 Å². The number of rotatable bonds is 6. The van der Waals surface area contributed by atoms with Crippen molar-refractivity contribution >= 4 is 39.0 Å². The van der Waals surface area contributed by atoms with E-state index in [0.29, 0.717) is 5.82 Å². The van der Waals surface area contributed by atoms with Gasteiger partial charge in [0.1, 0.15) is 17.4 Å². The number of aromatic hydroxyl groups is 1. The molecule has 0 aliphatic rings. The number of para-hydroxylation sites is 2. The fourth-order valence-electron chi connectivity index (χ4n) is 7.26. The Hall–Kier alpha value is -6.20. The van der Waals surface area contributed by atoms with E-state index in [1.165, 1.54) is 0 Å². The molecule has 2 aromatic heterocycles. The average molecular weight is 693 g/mol. The Morgan fingerprint density at radius 1 is 0.604 bits per heavy atom. The van der Waals surface area contributed by atoms with E-state index in [-0.39, 0.29) is 16.6 Å². The van der Waals surface area contributed by atoms with Crippen LogP contribution in [0.5, 0.6) is 5.75 Å². The second-order valence-electron chi connectivity index (χ2n) is 15.8. The highest BCUT2D eigenvalue weighted by atomic mass is 16.3. The van der Waals surface area contributed by atoms with Gasteiger partial charge >= 0.3 is 0 Å². The molecule has 0 spiro atoms. The van der Waals surface area contributed by atoms with Crippen LogP contribution in [0.25, 0.3) is 50.0 Å². The number of phenols is 1. The Balaban J connectivity index is 1.42. The van der Waals surface area contributed by atoms with Gasteiger partial charge in [0, 0.05) is 34.1 Å². The Morgan fingerprint density at radius 2 is 1.30 bits per heavy atom. The summed E-state index contributed by atoms with van der Waals surface area (Å²) in [5.41, 5.74) is 9.19. The number of hydrogen-bond acceptors (Lipinski definition) is 4. The largest absolute Gasteiger partial charge is 0.507 e. The van der Waals surface area contributed by atoms with Gasteiger partial charge in [-0.3, -0.25) is 9.47 Å². The predicted octanol–water partition coefficient (Wildman–Crippen LogP) is 12.7. The highest BCUT2D eigenvalue weighted by Gasteiger charge is 2.29. The molecule has 0 saturated heterocycles. The smallest absolute Gasteiger partial charge is 0.149 e. The molecule has 0 unspecified atom stereocenters. The summed E-state index contributed by atoms with van der Waals surface area (Å²) in [4.78, 5) is 12.4. The molecule has 0 fully saturated rings. The van der Waals surface area contributed by atoms with Crippen molar-refractivity contribution in [2.24, 2.45) is 0 Å². The molecule has 0 amide bonds. The molecule has 1 N–H and O–H groups in total. The maximum absolute atomic E-state index is 12.2. The lowest BCUT2D eigenvalue weighted by molar-refractivity contribution is 0.446. The Bertz CT molecular complexity index is 2550. The third kappa shape index (κ3) is 6.23. The van der Waals surface area contributed by atoms with Gasteiger partial charge in [0.15, 0.2) is 0 Å². The molecule has 0 saturated carbocycles. The van der Waals surface area contributed by atoms with Crippen LogP contribution in [0, 0.1) is 0 Å². The third-order valence-electron chi connectivity index (χ3n) is 10.0. The summed E-state index contributed by atoms with van der Waals surface area (Å²) in [6.45, 7) is 13.1. The minimum atomic E-state index is -0.291. The maximum Gasteiger partial charge on any atom is 0.149 e. The van der Waals surface area contributed by atoms with E-state index in [0.717, 1.165) is 72.5 Å². The third-order valence-corrected chi connectivity index (χ3v) is 10.0. The van der Waals surface area contributed by atoms with Gasteiger partial charge in [-0.2, -0.15) is 0 Å². The summed E-state index contributed by atoms with van der Waals surface area (Å²) in [7, 11) is 0. The molecule has 53 heavy (non-hydrogen) atoms. The summed E-state index contributed by atoms with van der Waals surface area (Å²) >= 11 is 0. The normalized spacial score (nSPS) is 12.0. The lowest BCUT2D eigenvalue weighted by Crippen LogP contribution is -2.17. The standard InChI is InChI=1S/C48H44N4O/c1-47(2,3)34-30-39(45(53)40(31-34)48(4,5)6)46-50-44-38(24-16-26-42(44)52(46)41-25-15-18-32-17-10-11-23-37(32)41)33-19-14-22-36(29-33)51(35-20-8-7-9-21-35)43-27-12-13-28-49-43/h7-31,53H,1-6H3. The van der Waals surface area contributed by atoms with E-state index in [1.54, 1.807) is 0 Å². The topological polar surface area (TPSA) is 54.2 Å². The van der Waals surface area contributed by atoms with Crippen molar-refractivity contribution in [2.75, 3.05) is 4.90 Å². The van der Waals surface area contributed by atoms with Crippen molar-refractivity contribution in [3.05, 3.63) is 163 Å². The van der Waals surface area contributed by atoms with Crippen LogP contribution in [-0.2, 0) is 10.8 Å². The first-order valence-electron chi connectivity index (χ1n) is 18.2. The van der Waals surface area contributed by atoms with Crippen LogP contribution in [0.3, 0.4) is 0 Å². The number of imidazole rings is 1. The van der Waals surface area contributed by atoms with Crippen molar-refractivity contribution < 1.29 is 5.11 Å². The number of nitrogens with zero attached hydrogens (tertiary/aromatic N) is 4. The number of fused-ring (bicyclic) bond motifs is 2. The molecular formula is C48H44N4O. The number of benzene rings is 6. The Kier molecular flexibility index (Phi) is 8.38. The predicted molar refractivity (Wildman–Crippen MR) is 221 cm³/mol. The molecule has 0 atom stereocenters. The first kappa shape index (κ1) is 33.9. The summed E-state index contributed by atoms with van der Waals surface area (Å²) in [5.74, 6) is 1.80. The van der Waals surface area contributed by atoms with Gasteiger partial charge in [-0.1, -0.05) is 133 Å². The van der Waals surface area contributed by atoms with Crippen molar-refractivity contribution in [3.63, 3.8) is 0 Å². The van der Waals surface area contributed by atoms with E-state index in [2.05, 4.69) is 160 Å². The lowest BCUT2D eigenvalue weighted by Gasteiger charge is -2.27. The number of aromatic nitrogens is 3. The van der Waals surface area contributed by atoms with Crippen molar-refractivity contribution in [3.8, 4) is 34.0 Å². The Morgan fingerprint density at radius 3 is 2.06 bits per heavy atom. The van der Waals surface area contributed by atoms with E-state index < -0.39 is 0 Å². The molecule has 0 aliphatic carbocycles. The molecule has 2 heterocycles. The fourth-order valence-corrected chi connectivity index (χ4v) is 7.26. The molecule has 0 aliphatic heterocycles. The van der Waals surface area contributed by atoms with Gasteiger partial charge in [0.2, 0.25) is 0 Å². The lowest BCUT2D eigenvalue weighted by atomic mass is 9.79. The van der Waals surface area contributed by atoms with Crippen LogP contribution in [0.1, 0.15) is 52.7 Å². The monoisotopic (exact) mass is 692 g/mol. The Labute approximate surface area is 311 Å². The van der Waals surface area contributed by atoms with Gasteiger partial charge in [0.25, 0.3) is 0 Å². The van der Waals surface area contributed by atoms with Crippen molar-refractivity contribution in [2.45, 2.75) is 52.4 Å². The van der Waals surface area contributed by atoms with Crippen LogP contribution in [0.4, 0.5) is 17.2 Å². The molecule has 0 radical (unpaired) electrons. The second-order valence-corrected chi connectivity index (χ2v) is 15.8. The zero-order valence-electron chi connectivity index (χ0n) is 31.2. The minimum Gasteiger partial charge on any atom is -0.507 e. The first-order valence-corrected chi connectivity index (χ1v) is 18.2. The minimum absolute atomic E-state index is 0.150. The zero-order chi connectivity index (χ0) is 36.9. The van der Waals surface area contributed by atoms with E-state index in [1.807, 2.05) is 42.6 Å². The summed E-state index contributed by atoms with van der Waals surface area (Å²) in [5, 5.41) is 14.5. The highest BCUT2D eigenvalue weighted by molar-refractivity contribution is 6.00. The number of phenolic OH excluding ortho intramolecular Hbond substituents is 1. The number of anilines is 3. The van der Waals surface area contributed by atoms with Crippen LogP contribution in [0.2, 0.25) is 0 Å². The SMILES string of the molecule is CC(C)(C)c1cc(-c2nc3c(-c4cccc(N(c5ccccc5)c5ccccn5)c4)cccc3n2-c2cccc3ccccc23)c(O)c(C(C)(C)C)c1. The van der Waals surface area contributed by atoms with Crippen LogP contribution in [0.15, 0.2) is 152 Å². The van der Waals surface area contributed by atoms with Gasteiger partial charge in [0.05, 0.1) is 22.3 Å². The molecule has 6 aromatic carbocycles. The molecule has 8 rings (SSSR count). The second kappa shape index (κ2) is 13.1. The quantitative estimate of drug-likeness (QED) is 0.188. The molecule has 8 aromatic rings. The molecule has 0 bridgehead atoms. The van der Waals surface area contributed by atoms with Crippen LogP contribution in [-0.4, -0.2) is 19.6 Å². The average Bonchev–Trinajstić information content (AvgIpc) is 3.54. The number of pyridine rings is 1. The van der Waals surface area contributed by atoms with Gasteiger partial charge in [-0.25, -0.2) is 9.97 Å². The van der Waals surface area contributed by atoms with Gasteiger partial charge in [-0.05, 0) is 81.9 Å². The van der Waals surface area contributed by atoms with Crippen molar-refractivity contribution in [1.29, 1.82) is 0 Å². The first-order chi connectivity index (χ1) is 25.5. The molecule has 5 heteroatoms. The zero-order valence-corrected chi connectivity index (χ0v) is 31.2. The van der Waals surface area contributed by atoms with E-state index >= 15 is 0 Å². The maximum atomic E-state index is 12.2. The highest BCUT2D eigenvalue weighted by Crippen LogP contribution is 2.45. The molecule has 5 nitrogen and oxygen atoms in total. The molecular weight excluding hydrogens is 649 g/mol. The van der Waals surface area contributed by atoms with Crippen molar-refractivity contribution in [1.82, 2.24) is 14.5 Å². The summed E-state index contributed by atoms with van der Waals surface area (Å²) in [6.07, 6.45) is 1.83. The summed E-state index contributed by atoms with van der Waals surface area (Å²) in [6, 6.07) is 50.4.